The number of aryl methyl sites for hydroxylation is 1. The lowest BCUT2D eigenvalue weighted by molar-refractivity contribution is -0.137. The van der Waals surface area contributed by atoms with Gasteiger partial charge in [0.15, 0.2) is 0 Å². The predicted molar refractivity (Wildman–Crippen MR) is 148 cm³/mol. The summed E-state index contributed by atoms with van der Waals surface area (Å²) in [4.78, 5) is 18.9. The number of nitrogens with zero attached hydrogens (tertiary/aromatic N) is 2. The van der Waals surface area contributed by atoms with Gasteiger partial charge in [-0.05, 0) is 67.5 Å². The molecule has 0 radical (unpaired) electrons. The lowest BCUT2D eigenvalue weighted by Crippen LogP contribution is -2.49. The normalized spacial score (nSPS) is 16.2. The van der Waals surface area contributed by atoms with Crippen molar-refractivity contribution >= 4 is 17.2 Å². The average Bonchev–Trinajstić information content (AvgIpc) is 3.36. The lowest BCUT2D eigenvalue weighted by Gasteiger charge is -2.38. The van der Waals surface area contributed by atoms with Crippen LogP contribution in [0.3, 0.4) is 0 Å². The quantitative estimate of drug-likeness (QED) is 0.369. The van der Waals surface area contributed by atoms with Crippen molar-refractivity contribution in [3.8, 4) is 5.75 Å². The molecule has 7 heteroatoms. The summed E-state index contributed by atoms with van der Waals surface area (Å²) in [5, 5.41) is 12.7. The minimum atomic E-state index is -0.677. The fourth-order valence-electron chi connectivity index (χ4n) is 4.69. The number of amides is 1. The highest BCUT2D eigenvalue weighted by atomic mass is 32.1. The maximum absolute atomic E-state index is 13.6. The fourth-order valence-corrected chi connectivity index (χ4v) is 5.62. The number of ether oxygens (including phenoxy) is 2. The summed E-state index contributed by atoms with van der Waals surface area (Å²) in [7, 11) is 0. The molecule has 0 aliphatic carbocycles. The van der Waals surface area contributed by atoms with E-state index in [1.165, 1.54) is 10.4 Å². The Kier molecular flexibility index (Phi) is 9.75. The number of benzene rings is 2. The van der Waals surface area contributed by atoms with Gasteiger partial charge < -0.3 is 19.5 Å². The summed E-state index contributed by atoms with van der Waals surface area (Å²) in [5.41, 5.74) is 3.40. The molecule has 2 aromatic carbocycles. The first-order valence-corrected chi connectivity index (χ1v) is 13.9. The minimum Gasteiger partial charge on any atom is -0.491 e. The zero-order chi connectivity index (χ0) is 26.2. The summed E-state index contributed by atoms with van der Waals surface area (Å²) >= 11 is 1.75. The Labute approximate surface area is 224 Å². The third-order valence-corrected chi connectivity index (χ3v) is 7.74. The van der Waals surface area contributed by atoms with Gasteiger partial charge in [0.25, 0.3) is 0 Å². The van der Waals surface area contributed by atoms with Gasteiger partial charge in [0, 0.05) is 24.0 Å². The lowest BCUT2D eigenvalue weighted by atomic mass is 10.00. The van der Waals surface area contributed by atoms with Gasteiger partial charge in [-0.25, -0.2) is 0 Å². The minimum absolute atomic E-state index is 0.0563. The highest BCUT2D eigenvalue weighted by Crippen LogP contribution is 2.34. The first-order valence-electron chi connectivity index (χ1n) is 13.0. The highest BCUT2D eigenvalue weighted by Gasteiger charge is 2.33. The van der Waals surface area contributed by atoms with Crippen molar-refractivity contribution < 1.29 is 19.4 Å². The molecule has 1 N–H and O–H groups in total. The van der Waals surface area contributed by atoms with Crippen molar-refractivity contribution in [1.29, 1.82) is 0 Å². The number of fused-ring (bicyclic) bond motifs is 1. The maximum atomic E-state index is 13.6. The number of aliphatic hydroxyl groups is 1. The van der Waals surface area contributed by atoms with Crippen LogP contribution in [0.4, 0.5) is 0 Å². The third kappa shape index (κ3) is 7.65. The number of hydrogen-bond donors (Lipinski definition) is 1. The van der Waals surface area contributed by atoms with Crippen molar-refractivity contribution in [2.24, 2.45) is 0 Å². The monoisotopic (exact) mass is 522 g/mol. The molecule has 0 saturated carbocycles. The van der Waals surface area contributed by atoms with Gasteiger partial charge in [-0.3, -0.25) is 9.69 Å². The molecule has 37 heavy (non-hydrogen) atoms. The van der Waals surface area contributed by atoms with E-state index in [2.05, 4.69) is 25.3 Å². The van der Waals surface area contributed by atoms with Crippen LogP contribution >= 0.6 is 11.3 Å². The molecule has 3 aromatic rings. The van der Waals surface area contributed by atoms with Crippen LogP contribution in [0.15, 0.2) is 66.0 Å². The molecule has 2 atom stereocenters. The van der Waals surface area contributed by atoms with E-state index in [0.29, 0.717) is 26.3 Å². The number of rotatable bonds is 12. The number of hydrogen-bond acceptors (Lipinski definition) is 6. The topological polar surface area (TPSA) is 62.2 Å². The van der Waals surface area contributed by atoms with E-state index in [9.17, 15) is 9.90 Å². The number of carbonyl (C=O) groups is 1. The zero-order valence-corrected chi connectivity index (χ0v) is 22.8. The van der Waals surface area contributed by atoms with Crippen LogP contribution in [-0.4, -0.2) is 65.8 Å². The summed E-state index contributed by atoms with van der Waals surface area (Å²) in [6.45, 7) is 8.53. The van der Waals surface area contributed by atoms with Gasteiger partial charge in [0.05, 0.1) is 31.9 Å². The molecule has 1 amide bonds. The van der Waals surface area contributed by atoms with Gasteiger partial charge in [-0.15, -0.1) is 11.3 Å². The van der Waals surface area contributed by atoms with E-state index in [-0.39, 0.29) is 31.1 Å². The Morgan fingerprint density at radius 1 is 1.16 bits per heavy atom. The van der Waals surface area contributed by atoms with Crippen LogP contribution < -0.4 is 4.74 Å². The van der Waals surface area contributed by atoms with Crippen LogP contribution in [0.1, 0.15) is 41.5 Å². The molecule has 1 aliphatic rings. The van der Waals surface area contributed by atoms with E-state index >= 15 is 0 Å². The second kappa shape index (κ2) is 13.2. The molecule has 198 valence electrons. The van der Waals surface area contributed by atoms with Crippen LogP contribution in [-0.2, 0) is 22.6 Å². The predicted octanol–water partition coefficient (Wildman–Crippen LogP) is 4.85. The molecule has 6 nitrogen and oxygen atoms in total. The van der Waals surface area contributed by atoms with E-state index < -0.39 is 6.10 Å². The Morgan fingerprint density at radius 3 is 2.73 bits per heavy atom. The molecule has 4 rings (SSSR count). The number of carbonyl (C=O) groups excluding carboxylic acids is 1. The first-order chi connectivity index (χ1) is 17.9. The van der Waals surface area contributed by atoms with E-state index in [0.717, 1.165) is 23.3 Å². The third-order valence-electron chi connectivity index (χ3n) is 6.75. The first kappa shape index (κ1) is 27.3. The smallest absolute Gasteiger partial charge is 0.237 e. The second-order valence-corrected chi connectivity index (χ2v) is 11.0. The van der Waals surface area contributed by atoms with E-state index in [1.54, 1.807) is 11.3 Å². The summed E-state index contributed by atoms with van der Waals surface area (Å²) < 4.78 is 11.9. The molecule has 2 heterocycles. The molecule has 1 aromatic heterocycles. The van der Waals surface area contributed by atoms with E-state index in [1.807, 2.05) is 71.3 Å². The Bertz CT molecular complexity index is 1130. The van der Waals surface area contributed by atoms with Gasteiger partial charge in [0.2, 0.25) is 5.91 Å². The molecular formula is C30H38N2O4S. The van der Waals surface area contributed by atoms with E-state index in [4.69, 9.17) is 9.47 Å². The van der Waals surface area contributed by atoms with Crippen molar-refractivity contribution in [3.63, 3.8) is 0 Å². The summed E-state index contributed by atoms with van der Waals surface area (Å²) in [6.07, 6.45) is 0.182. The van der Waals surface area contributed by atoms with Crippen LogP contribution in [0.5, 0.6) is 5.75 Å². The van der Waals surface area contributed by atoms with Crippen LogP contribution in [0.25, 0.3) is 0 Å². The average molecular weight is 523 g/mol. The standard InChI is InChI=1S/C30H38N2O4S/c1-22(2)31(17-25(33)20-35-19-24-9-5-4-6-10-24)18-30(34)32-14-12-29-27(13-15-37-29)28(32)21-36-26-11-7-8-23(3)16-26/h4-11,13,15-16,22,25,28,33H,12,14,17-21H2,1-3H3. The highest BCUT2D eigenvalue weighted by molar-refractivity contribution is 7.10. The number of thiophene rings is 1. The Morgan fingerprint density at radius 2 is 1.97 bits per heavy atom. The van der Waals surface area contributed by atoms with Crippen molar-refractivity contribution in [3.05, 3.63) is 87.6 Å². The van der Waals surface area contributed by atoms with Gasteiger partial charge in [-0.2, -0.15) is 0 Å². The molecule has 2 unspecified atom stereocenters. The fraction of sp³-hybridized carbons (Fsp3) is 0.433. The largest absolute Gasteiger partial charge is 0.491 e. The SMILES string of the molecule is Cc1cccc(OCC2c3ccsc3CCN2C(=O)CN(CC(O)COCc2ccccc2)C(C)C)c1. The molecule has 0 saturated heterocycles. The van der Waals surface area contributed by atoms with Crippen LogP contribution in [0, 0.1) is 6.92 Å². The van der Waals surface area contributed by atoms with Gasteiger partial charge in [0.1, 0.15) is 12.4 Å². The molecule has 0 spiro atoms. The van der Waals surface area contributed by atoms with Crippen LogP contribution in [0.2, 0.25) is 0 Å². The van der Waals surface area contributed by atoms with Crippen molar-refractivity contribution in [2.75, 3.05) is 32.8 Å². The molecule has 0 bridgehead atoms. The Hall–Kier alpha value is -2.71. The zero-order valence-electron chi connectivity index (χ0n) is 22.0. The maximum Gasteiger partial charge on any atom is 0.237 e. The molecule has 0 fully saturated rings. The second-order valence-electron chi connectivity index (χ2n) is 9.96. The number of aliphatic hydroxyl groups excluding tert-OH is 1. The molecular weight excluding hydrogens is 484 g/mol. The van der Waals surface area contributed by atoms with Crippen molar-refractivity contribution in [1.82, 2.24) is 9.80 Å². The molecule has 1 aliphatic heterocycles. The summed E-state index contributed by atoms with van der Waals surface area (Å²) in [6, 6.07) is 20.0. The Balaban J connectivity index is 1.36. The summed E-state index contributed by atoms with van der Waals surface area (Å²) in [5.74, 6) is 0.873. The van der Waals surface area contributed by atoms with Gasteiger partial charge in [-0.1, -0.05) is 42.5 Å². The van der Waals surface area contributed by atoms with Gasteiger partial charge >= 0.3 is 0 Å². The van der Waals surface area contributed by atoms with Crippen molar-refractivity contribution in [2.45, 2.75) is 52.0 Å².